The van der Waals surface area contributed by atoms with Gasteiger partial charge in [0.25, 0.3) is 0 Å². The third kappa shape index (κ3) is 3.66. The van der Waals surface area contributed by atoms with Gasteiger partial charge in [0.1, 0.15) is 0 Å². The summed E-state index contributed by atoms with van der Waals surface area (Å²) in [7, 11) is -3.94. The second-order valence-corrected chi connectivity index (χ2v) is 6.21. The van der Waals surface area contributed by atoms with Crippen molar-refractivity contribution in [2.75, 3.05) is 6.61 Å². The quantitative estimate of drug-likeness (QED) is 0.753. The molecule has 3 N–H and O–H groups in total. The molecule has 1 atom stereocenters. The highest BCUT2D eigenvalue weighted by atomic mass is 35.5. The average Bonchev–Trinajstić information content (AvgIpc) is 2.30. The van der Waals surface area contributed by atoms with E-state index in [4.69, 9.17) is 21.8 Å². The van der Waals surface area contributed by atoms with Gasteiger partial charge < -0.3 is 10.2 Å². The lowest BCUT2D eigenvalue weighted by atomic mass is 10.1. The number of aromatic carboxylic acids is 1. The molecule has 0 radical (unpaired) electrons. The molecule has 1 aromatic rings. The Hall–Kier alpha value is -1.15. The second kappa shape index (κ2) is 5.87. The lowest BCUT2D eigenvalue weighted by Crippen LogP contribution is -2.35. The number of hydrogen-bond donors (Lipinski definition) is 3. The van der Waals surface area contributed by atoms with Gasteiger partial charge in [0, 0.05) is 11.1 Å². The fourth-order valence-corrected chi connectivity index (χ4v) is 3.33. The van der Waals surface area contributed by atoms with Crippen molar-refractivity contribution in [2.45, 2.75) is 24.8 Å². The van der Waals surface area contributed by atoms with Crippen LogP contribution in [0, 0.1) is 6.92 Å². The van der Waals surface area contributed by atoms with E-state index in [0.717, 1.165) is 0 Å². The van der Waals surface area contributed by atoms with Crippen LogP contribution in [0.2, 0.25) is 5.02 Å². The standard InChI is InChI=1S/C11H14ClNO5S/c1-6(5-14)13-19(17,18)10-4-8(12)3-9(7(10)2)11(15)16/h3-4,6,13-14H,5H2,1-2H3,(H,15,16)/t6-/m1/s1. The highest BCUT2D eigenvalue weighted by Gasteiger charge is 2.23. The van der Waals surface area contributed by atoms with Gasteiger partial charge in [-0.3, -0.25) is 0 Å². The molecule has 19 heavy (non-hydrogen) atoms. The summed E-state index contributed by atoms with van der Waals surface area (Å²) in [6, 6.07) is 1.68. The normalized spacial score (nSPS) is 13.3. The number of carboxylic acids is 1. The van der Waals surface area contributed by atoms with Gasteiger partial charge in [0.2, 0.25) is 10.0 Å². The van der Waals surface area contributed by atoms with Crippen molar-refractivity contribution >= 4 is 27.6 Å². The highest BCUT2D eigenvalue weighted by molar-refractivity contribution is 7.89. The number of sulfonamides is 1. The Morgan fingerprint density at radius 3 is 2.53 bits per heavy atom. The first-order valence-electron chi connectivity index (χ1n) is 5.35. The Morgan fingerprint density at radius 1 is 1.47 bits per heavy atom. The van der Waals surface area contributed by atoms with E-state index in [1.165, 1.54) is 26.0 Å². The van der Waals surface area contributed by atoms with Crippen LogP contribution in [0.3, 0.4) is 0 Å². The molecule has 0 heterocycles. The molecule has 1 aromatic carbocycles. The summed E-state index contributed by atoms with van der Waals surface area (Å²) in [5.74, 6) is -1.26. The monoisotopic (exact) mass is 307 g/mol. The van der Waals surface area contributed by atoms with E-state index in [1.54, 1.807) is 0 Å². The molecule has 6 nitrogen and oxygen atoms in total. The van der Waals surface area contributed by atoms with Crippen molar-refractivity contribution in [3.05, 3.63) is 28.3 Å². The van der Waals surface area contributed by atoms with E-state index in [1.807, 2.05) is 0 Å². The minimum absolute atomic E-state index is 0.0139. The largest absolute Gasteiger partial charge is 0.478 e. The minimum atomic E-state index is -3.94. The van der Waals surface area contributed by atoms with Gasteiger partial charge in [-0.1, -0.05) is 11.6 Å². The zero-order valence-corrected chi connectivity index (χ0v) is 11.9. The zero-order chi connectivity index (χ0) is 14.8. The van der Waals surface area contributed by atoms with Gasteiger partial charge in [0.05, 0.1) is 17.1 Å². The van der Waals surface area contributed by atoms with E-state index >= 15 is 0 Å². The Balaban J connectivity index is 3.39. The van der Waals surface area contributed by atoms with Gasteiger partial charge in [-0.2, -0.15) is 0 Å². The Kier molecular flexibility index (Phi) is 4.92. The SMILES string of the molecule is Cc1c(C(=O)O)cc(Cl)cc1S(=O)(=O)N[C@H](C)CO. The number of benzene rings is 1. The summed E-state index contributed by atoms with van der Waals surface area (Å²) >= 11 is 5.74. The topological polar surface area (TPSA) is 104 Å². The summed E-state index contributed by atoms with van der Waals surface area (Å²) < 4.78 is 26.4. The van der Waals surface area contributed by atoms with Crippen LogP contribution in [0.1, 0.15) is 22.8 Å². The van der Waals surface area contributed by atoms with Crippen molar-refractivity contribution in [2.24, 2.45) is 0 Å². The van der Waals surface area contributed by atoms with Crippen LogP contribution in [-0.4, -0.2) is 37.2 Å². The van der Waals surface area contributed by atoms with Crippen LogP contribution in [-0.2, 0) is 10.0 Å². The molecule has 0 aliphatic carbocycles. The second-order valence-electron chi connectivity index (χ2n) is 4.09. The number of carboxylic acid groups (broad SMARTS) is 1. The van der Waals surface area contributed by atoms with Crippen LogP contribution in [0.25, 0.3) is 0 Å². The van der Waals surface area contributed by atoms with Crippen LogP contribution >= 0.6 is 11.6 Å². The number of aliphatic hydroxyl groups is 1. The molecule has 0 fully saturated rings. The number of halogens is 1. The highest BCUT2D eigenvalue weighted by Crippen LogP contribution is 2.24. The summed E-state index contributed by atoms with van der Waals surface area (Å²) in [6.45, 7) is 2.50. The number of carbonyl (C=O) groups is 1. The lowest BCUT2D eigenvalue weighted by Gasteiger charge is -2.14. The van der Waals surface area contributed by atoms with Gasteiger partial charge in [-0.05, 0) is 31.5 Å². The molecule has 0 saturated carbocycles. The van der Waals surface area contributed by atoms with Crippen LogP contribution < -0.4 is 4.72 Å². The Bertz CT molecular complexity index is 599. The molecule has 8 heteroatoms. The fourth-order valence-electron chi connectivity index (χ4n) is 1.52. The zero-order valence-electron chi connectivity index (χ0n) is 10.3. The number of aliphatic hydroxyl groups excluding tert-OH is 1. The minimum Gasteiger partial charge on any atom is -0.478 e. The Morgan fingerprint density at radius 2 is 2.05 bits per heavy atom. The molecule has 0 saturated heterocycles. The first-order chi connectivity index (χ1) is 8.69. The van der Waals surface area contributed by atoms with Crippen LogP contribution in [0.5, 0.6) is 0 Å². The van der Waals surface area contributed by atoms with Crippen molar-refractivity contribution in [1.29, 1.82) is 0 Å². The van der Waals surface area contributed by atoms with Crippen molar-refractivity contribution in [1.82, 2.24) is 4.72 Å². The average molecular weight is 308 g/mol. The van der Waals surface area contributed by atoms with Crippen LogP contribution in [0.4, 0.5) is 0 Å². The third-order valence-corrected chi connectivity index (χ3v) is 4.41. The predicted molar refractivity (Wildman–Crippen MR) is 70.0 cm³/mol. The maximum absolute atomic E-state index is 12.1. The summed E-state index contributed by atoms with van der Waals surface area (Å²) in [5, 5.41) is 17.9. The van der Waals surface area contributed by atoms with Crippen molar-refractivity contribution in [3.63, 3.8) is 0 Å². The molecule has 0 unspecified atom stereocenters. The number of nitrogens with one attached hydrogen (secondary N) is 1. The summed E-state index contributed by atoms with van der Waals surface area (Å²) in [4.78, 5) is 10.8. The third-order valence-electron chi connectivity index (χ3n) is 2.47. The summed E-state index contributed by atoms with van der Waals surface area (Å²) in [5.41, 5.74) is -0.0842. The molecule has 0 amide bonds. The van der Waals surface area contributed by atoms with E-state index in [0.29, 0.717) is 0 Å². The molecule has 0 spiro atoms. The van der Waals surface area contributed by atoms with Crippen molar-refractivity contribution < 1.29 is 23.4 Å². The predicted octanol–water partition coefficient (Wildman–Crippen LogP) is 1.01. The van der Waals surface area contributed by atoms with E-state index in [-0.39, 0.29) is 27.7 Å². The number of rotatable bonds is 5. The maximum Gasteiger partial charge on any atom is 0.336 e. The molecule has 0 bridgehead atoms. The van der Waals surface area contributed by atoms with Crippen LogP contribution in [0.15, 0.2) is 17.0 Å². The molecule has 0 aliphatic heterocycles. The van der Waals surface area contributed by atoms with E-state index in [9.17, 15) is 13.2 Å². The lowest BCUT2D eigenvalue weighted by molar-refractivity contribution is 0.0696. The van der Waals surface area contributed by atoms with Gasteiger partial charge in [-0.15, -0.1) is 0 Å². The molecular formula is C11H14ClNO5S. The Labute approximate surface area is 116 Å². The first kappa shape index (κ1) is 15.9. The summed E-state index contributed by atoms with van der Waals surface area (Å²) in [6.07, 6.45) is 0. The molecule has 106 valence electrons. The number of hydrogen-bond acceptors (Lipinski definition) is 4. The first-order valence-corrected chi connectivity index (χ1v) is 7.21. The molecule has 0 aliphatic rings. The smallest absolute Gasteiger partial charge is 0.336 e. The van der Waals surface area contributed by atoms with Gasteiger partial charge >= 0.3 is 5.97 Å². The fraction of sp³-hybridized carbons (Fsp3) is 0.364. The van der Waals surface area contributed by atoms with Gasteiger partial charge in [-0.25, -0.2) is 17.9 Å². The van der Waals surface area contributed by atoms with E-state index in [2.05, 4.69) is 4.72 Å². The van der Waals surface area contributed by atoms with E-state index < -0.39 is 22.0 Å². The molecular weight excluding hydrogens is 294 g/mol. The molecule has 0 aromatic heterocycles. The maximum atomic E-state index is 12.1. The van der Waals surface area contributed by atoms with Crippen molar-refractivity contribution in [3.8, 4) is 0 Å². The van der Waals surface area contributed by atoms with Gasteiger partial charge in [0.15, 0.2) is 0 Å². The molecule has 1 rings (SSSR count).